The van der Waals surface area contributed by atoms with Crippen LogP contribution in [0.25, 0.3) is 0 Å². The fourth-order valence-corrected chi connectivity index (χ4v) is 3.44. The van der Waals surface area contributed by atoms with Gasteiger partial charge in [-0.25, -0.2) is 4.98 Å². The normalized spacial score (nSPS) is 11.8. The third kappa shape index (κ3) is 4.46. The average Bonchev–Trinajstić information content (AvgIpc) is 3.10. The molecule has 6 nitrogen and oxygen atoms in total. The van der Waals surface area contributed by atoms with Crippen LogP contribution in [0.5, 0.6) is 11.5 Å². The van der Waals surface area contributed by atoms with Crippen molar-refractivity contribution in [3.8, 4) is 17.6 Å². The van der Waals surface area contributed by atoms with Gasteiger partial charge in [0.15, 0.2) is 11.5 Å². The van der Waals surface area contributed by atoms with Crippen molar-refractivity contribution in [2.75, 3.05) is 17.9 Å². The summed E-state index contributed by atoms with van der Waals surface area (Å²) in [7, 11) is 0. The minimum Gasteiger partial charge on any atom is -0.454 e. The number of rotatable bonds is 7. The van der Waals surface area contributed by atoms with Crippen LogP contribution in [-0.2, 0) is 11.2 Å². The summed E-state index contributed by atoms with van der Waals surface area (Å²) < 4.78 is 10.5. The second-order valence-electron chi connectivity index (χ2n) is 5.73. The third-order valence-electron chi connectivity index (χ3n) is 3.77. The topological polar surface area (TPSA) is 84.2 Å². The van der Waals surface area contributed by atoms with Gasteiger partial charge in [-0.2, -0.15) is 5.26 Å². The second kappa shape index (κ2) is 8.59. The fourth-order valence-electron chi connectivity index (χ4n) is 2.51. The summed E-state index contributed by atoms with van der Waals surface area (Å²) in [5.41, 5.74) is 2.19. The molecule has 0 bridgehead atoms. The van der Waals surface area contributed by atoms with Gasteiger partial charge in [-0.3, -0.25) is 4.79 Å². The molecule has 1 aromatic carbocycles. The smallest absolute Gasteiger partial charge is 0.231 e. The zero-order valence-electron chi connectivity index (χ0n) is 14.4. The van der Waals surface area contributed by atoms with Crippen LogP contribution < -0.4 is 14.8 Å². The number of carbonyl (C=O) groups is 1. The Labute approximate surface area is 156 Å². The molecule has 1 N–H and O–H groups in total. The number of aromatic nitrogens is 1. The van der Waals surface area contributed by atoms with Crippen molar-refractivity contribution in [3.63, 3.8) is 0 Å². The molecular weight excluding hydrogens is 350 g/mol. The molecule has 0 spiro atoms. The maximum absolute atomic E-state index is 12.1. The molecule has 0 unspecified atom stereocenters. The van der Waals surface area contributed by atoms with Gasteiger partial charge < -0.3 is 14.8 Å². The van der Waals surface area contributed by atoms with E-state index < -0.39 is 0 Å². The van der Waals surface area contributed by atoms with Crippen molar-refractivity contribution in [1.29, 1.82) is 5.26 Å². The molecule has 134 valence electrons. The van der Waals surface area contributed by atoms with Gasteiger partial charge in [0.1, 0.15) is 11.1 Å². The number of anilines is 1. The van der Waals surface area contributed by atoms with E-state index in [-0.39, 0.29) is 12.7 Å². The summed E-state index contributed by atoms with van der Waals surface area (Å²) in [5, 5.41) is 12.7. The van der Waals surface area contributed by atoms with Gasteiger partial charge in [-0.15, -0.1) is 11.8 Å². The Morgan fingerprint density at radius 1 is 1.31 bits per heavy atom. The van der Waals surface area contributed by atoms with Crippen LogP contribution in [0, 0.1) is 11.3 Å². The molecule has 1 aliphatic rings. The molecule has 1 aromatic heterocycles. The highest BCUT2D eigenvalue weighted by Crippen LogP contribution is 2.34. The van der Waals surface area contributed by atoms with Gasteiger partial charge in [0.05, 0.1) is 5.56 Å². The second-order valence-corrected chi connectivity index (χ2v) is 6.82. The number of benzene rings is 1. The van der Waals surface area contributed by atoms with E-state index in [0.717, 1.165) is 18.5 Å². The van der Waals surface area contributed by atoms with Crippen molar-refractivity contribution in [3.05, 3.63) is 41.6 Å². The Morgan fingerprint density at radius 3 is 2.96 bits per heavy atom. The monoisotopic (exact) mass is 369 g/mol. The highest BCUT2D eigenvalue weighted by Gasteiger charge is 2.14. The summed E-state index contributed by atoms with van der Waals surface area (Å²) in [6.07, 6.45) is 2.20. The lowest BCUT2D eigenvalue weighted by Gasteiger charge is -2.07. The summed E-state index contributed by atoms with van der Waals surface area (Å²) in [6.45, 7) is 2.29. The zero-order chi connectivity index (χ0) is 18.4. The SMILES string of the molecule is CCCc1ccc(C#N)c(SCCC(=O)Nc2ccc3c(c2)OCO3)n1. The van der Waals surface area contributed by atoms with Crippen molar-refractivity contribution >= 4 is 23.4 Å². The first-order chi connectivity index (χ1) is 12.7. The molecule has 0 saturated heterocycles. The summed E-state index contributed by atoms with van der Waals surface area (Å²) in [5.74, 6) is 1.76. The standard InChI is InChI=1S/C19H19N3O3S/c1-2-3-14-5-4-13(11-20)19(22-14)26-9-8-18(23)21-15-6-7-16-17(10-15)25-12-24-16/h4-7,10H,2-3,8-9,12H2,1H3,(H,21,23). The lowest BCUT2D eigenvalue weighted by Crippen LogP contribution is -2.12. The number of nitrogens with one attached hydrogen (secondary N) is 1. The van der Waals surface area contributed by atoms with Crippen LogP contribution in [0.3, 0.4) is 0 Å². The van der Waals surface area contributed by atoms with E-state index in [1.54, 1.807) is 24.3 Å². The highest BCUT2D eigenvalue weighted by molar-refractivity contribution is 7.99. The van der Waals surface area contributed by atoms with Crippen LogP contribution in [0.15, 0.2) is 35.4 Å². The quantitative estimate of drug-likeness (QED) is 0.748. The van der Waals surface area contributed by atoms with Crippen molar-refractivity contribution in [1.82, 2.24) is 4.98 Å². The Morgan fingerprint density at radius 2 is 2.15 bits per heavy atom. The number of pyridine rings is 1. The zero-order valence-corrected chi connectivity index (χ0v) is 15.3. The van der Waals surface area contributed by atoms with E-state index in [9.17, 15) is 10.1 Å². The number of nitrogens with zero attached hydrogens (tertiary/aromatic N) is 2. The maximum atomic E-state index is 12.1. The lowest BCUT2D eigenvalue weighted by molar-refractivity contribution is -0.115. The number of ether oxygens (including phenoxy) is 2. The van der Waals surface area contributed by atoms with E-state index in [2.05, 4.69) is 23.3 Å². The Kier molecular flexibility index (Phi) is 5.97. The lowest BCUT2D eigenvalue weighted by atomic mass is 10.2. The Balaban J connectivity index is 1.54. The molecule has 2 aromatic rings. The van der Waals surface area contributed by atoms with E-state index in [1.807, 2.05) is 6.07 Å². The molecule has 0 fully saturated rings. The predicted molar refractivity (Wildman–Crippen MR) is 99.5 cm³/mol. The summed E-state index contributed by atoms with van der Waals surface area (Å²) >= 11 is 1.43. The summed E-state index contributed by atoms with van der Waals surface area (Å²) in [4.78, 5) is 16.7. The van der Waals surface area contributed by atoms with Crippen LogP contribution in [-0.4, -0.2) is 23.4 Å². The van der Waals surface area contributed by atoms with Gasteiger partial charge in [0.25, 0.3) is 0 Å². The summed E-state index contributed by atoms with van der Waals surface area (Å²) in [6, 6.07) is 11.1. The first-order valence-corrected chi connectivity index (χ1v) is 9.40. The number of hydrogen-bond acceptors (Lipinski definition) is 6. The number of hydrogen-bond donors (Lipinski definition) is 1. The average molecular weight is 369 g/mol. The van der Waals surface area contributed by atoms with E-state index in [4.69, 9.17) is 9.47 Å². The van der Waals surface area contributed by atoms with Gasteiger partial charge in [-0.05, 0) is 30.7 Å². The molecule has 1 aliphatic heterocycles. The third-order valence-corrected chi connectivity index (χ3v) is 4.76. The molecule has 3 rings (SSSR count). The van der Waals surface area contributed by atoms with Gasteiger partial charge in [0.2, 0.25) is 12.7 Å². The number of amides is 1. The number of carbonyl (C=O) groups excluding carboxylic acids is 1. The van der Waals surface area contributed by atoms with E-state index in [1.165, 1.54) is 11.8 Å². The maximum Gasteiger partial charge on any atom is 0.231 e. The number of nitriles is 1. The molecule has 26 heavy (non-hydrogen) atoms. The first kappa shape index (κ1) is 18.1. The van der Waals surface area contributed by atoms with Gasteiger partial charge in [-0.1, -0.05) is 13.3 Å². The Bertz CT molecular complexity index is 848. The van der Waals surface area contributed by atoms with Crippen LogP contribution in [0.2, 0.25) is 0 Å². The number of thioether (sulfide) groups is 1. The molecule has 7 heteroatoms. The van der Waals surface area contributed by atoms with Crippen molar-refractivity contribution in [2.45, 2.75) is 31.2 Å². The fraction of sp³-hybridized carbons (Fsp3) is 0.316. The molecule has 1 amide bonds. The minimum absolute atomic E-state index is 0.0976. The highest BCUT2D eigenvalue weighted by atomic mass is 32.2. The largest absolute Gasteiger partial charge is 0.454 e. The molecule has 0 saturated carbocycles. The molecular formula is C19H19N3O3S. The predicted octanol–water partition coefficient (Wildman–Crippen LogP) is 3.76. The van der Waals surface area contributed by atoms with Crippen molar-refractivity contribution in [2.24, 2.45) is 0 Å². The number of aryl methyl sites for hydroxylation is 1. The first-order valence-electron chi connectivity index (χ1n) is 8.42. The van der Waals surface area contributed by atoms with Crippen LogP contribution >= 0.6 is 11.8 Å². The van der Waals surface area contributed by atoms with Crippen LogP contribution in [0.4, 0.5) is 5.69 Å². The van der Waals surface area contributed by atoms with Crippen LogP contribution in [0.1, 0.15) is 31.0 Å². The van der Waals surface area contributed by atoms with E-state index >= 15 is 0 Å². The molecule has 0 aliphatic carbocycles. The molecule has 0 radical (unpaired) electrons. The molecule has 0 atom stereocenters. The van der Waals surface area contributed by atoms with E-state index in [0.29, 0.717) is 39.9 Å². The molecule has 2 heterocycles. The van der Waals surface area contributed by atoms with Gasteiger partial charge in [0, 0.05) is 29.6 Å². The Hall–Kier alpha value is -2.72. The number of fused-ring (bicyclic) bond motifs is 1. The van der Waals surface area contributed by atoms with Gasteiger partial charge >= 0.3 is 0 Å². The van der Waals surface area contributed by atoms with Crippen molar-refractivity contribution < 1.29 is 14.3 Å². The minimum atomic E-state index is -0.0976.